The predicted molar refractivity (Wildman–Crippen MR) is 60.3 cm³/mol. The van der Waals surface area contributed by atoms with Crippen molar-refractivity contribution >= 4 is 22.8 Å². The van der Waals surface area contributed by atoms with E-state index in [4.69, 9.17) is 11.6 Å². The summed E-state index contributed by atoms with van der Waals surface area (Å²) in [7, 11) is 0. The van der Waals surface area contributed by atoms with Gasteiger partial charge in [0.05, 0.1) is 6.04 Å². The summed E-state index contributed by atoms with van der Waals surface area (Å²) in [4.78, 5) is 8.12. The molecule has 2 heterocycles. The van der Waals surface area contributed by atoms with E-state index < -0.39 is 0 Å². The van der Waals surface area contributed by atoms with Gasteiger partial charge in [-0.1, -0.05) is 36.1 Å². The van der Waals surface area contributed by atoms with E-state index in [0.29, 0.717) is 16.7 Å². The van der Waals surface area contributed by atoms with Crippen molar-refractivity contribution in [1.29, 1.82) is 0 Å². The van der Waals surface area contributed by atoms with Gasteiger partial charge in [-0.25, -0.2) is 14.6 Å². The molecule has 1 saturated carbocycles. The average Bonchev–Trinajstić information content (AvgIpc) is 2.75. The van der Waals surface area contributed by atoms with Gasteiger partial charge in [0.25, 0.3) is 0 Å². The van der Waals surface area contributed by atoms with Crippen molar-refractivity contribution in [3.05, 3.63) is 11.5 Å². The molecule has 5 nitrogen and oxygen atoms in total. The van der Waals surface area contributed by atoms with Gasteiger partial charge in [-0.05, 0) is 12.8 Å². The highest BCUT2D eigenvalue weighted by Crippen LogP contribution is 2.29. The summed E-state index contributed by atoms with van der Waals surface area (Å²) in [5, 5.41) is 8.59. The Morgan fingerprint density at radius 2 is 2.00 bits per heavy atom. The summed E-state index contributed by atoms with van der Waals surface area (Å²) in [6.45, 7) is 0. The average molecular weight is 238 g/mol. The molecule has 0 radical (unpaired) electrons. The van der Waals surface area contributed by atoms with Crippen molar-refractivity contribution in [1.82, 2.24) is 25.0 Å². The summed E-state index contributed by atoms with van der Waals surface area (Å²) in [5.74, 6) is 0. The first-order valence-corrected chi connectivity index (χ1v) is 5.95. The second kappa shape index (κ2) is 3.97. The number of halogens is 1. The summed E-state index contributed by atoms with van der Waals surface area (Å²) in [5.41, 5.74) is 1.36. The van der Waals surface area contributed by atoms with E-state index in [2.05, 4.69) is 20.3 Å². The molecule has 0 N–H and O–H groups in total. The van der Waals surface area contributed by atoms with Crippen molar-refractivity contribution in [2.45, 2.75) is 38.1 Å². The third kappa shape index (κ3) is 1.55. The van der Waals surface area contributed by atoms with Crippen LogP contribution in [0.1, 0.15) is 38.1 Å². The molecule has 0 aliphatic heterocycles. The fraction of sp³-hybridized carbons (Fsp3) is 0.600. The Kier molecular flexibility index (Phi) is 2.47. The van der Waals surface area contributed by atoms with Gasteiger partial charge in [-0.15, -0.1) is 5.10 Å². The molecular weight excluding hydrogens is 226 g/mol. The monoisotopic (exact) mass is 237 g/mol. The Bertz CT molecular complexity index is 503. The highest BCUT2D eigenvalue weighted by atomic mass is 35.5. The van der Waals surface area contributed by atoms with Crippen molar-refractivity contribution in [2.24, 2.45) is 0 Å². The molecule has 84 valence electrons. The molecule has 2 aromatic rings. The van der Waals surface area contributed by atoms with E-state index >= 15 is 0 Å². The van der Waals surface area contributed by atoms with Crippen LogP contribution in [-0.2, 0) is 0 Å². The predicted octanol–water partition coefficient (Wildman–Crippen LogP) is 2.38. The first-order valence-electron chi connectivity index (χ1n) is 5.57. The molecule has 0 amide bonds. The molecule has 3 rings (SSSR count). The minimum absolute atomic E-state index is 0.382. The molecular formula is C10H12ClN5. The first kappa shape index (κ1) is 9.96. The zero-order valence-electron chi connectivity index (χ0n) is 8.80. The van der Waals surface area contributed by atoms with E-state index in [1.54, 1.807) is 0 Å². The van der Waals surface area contributed by atoms with E-state index in [9.17, 15) is 0 Å². The van der Waals surface area contributed by atoms with Gasteiger partial charge in [-0.2, -0.15) is 0 Å². The van der Waals surface area contributed by atoms with Gasteiger partial charge in [0.2, 0.25) is 0 Å². The molecule has 0 saturated heterocycles. The quantitative estimate of drug-likeness (QED) is 0.715. The molecule has 1 aliphatic carbocycles. The molecule has 2 aromatic heterocycles. The largest absolute Gasteiger partial charge is 0.224 e. The molecule has 0 atom stereocenters. The summed E-state index contributed by atoms with van der Waals surface area (Å²) in [6.07, 6.45) is 7.60. The Labute approximate surface area is 97.8 Å². The van der Waals surface area contributed by atoms with Crippen molar-refractivity contribution in [3.63, 3.8) is 0 Å². The zero-order valence-corrected chi connectivity index (χ0v) is 9.56. The van der Waals surface area contributed by atoms with Crippen LogP contribution in [0.3, 0.4) is 0 Å². The lowest BCUT2D eigenvalue weighted by molar-refractivity contribution is 0.330. The van der Waals surface area contributed by atoms with E-state index in [0.717, 1.165) is 18.5 Å². The lowest BCUT2D eigenvalue weighted by Crippen LogP contribution is -2.14. The fourth-order valence-electron chi connectivity index (χ4n) is 2.31. The van der Waals surface area contributed by atoms with Crippen molar-refractivity contribution in [2.75, 3.05) is 0 Å². The number of nitrogens with zero attached hydrogens (tertiary/aromatic N) is 5. The van der Waals surface area contributed by atoms with Gasteiger partial charge in [0.1, 0.15) is 6.33 Å². The second-order valence-corrected chi connectivity index (χ2v) is 4.52. The summed E-state index contributed by atoms with van der Waals surface area (Å²) in [6, 6.07) is 0.421. The molecule has 0 aromatic carbocycles. The Morgan fingerprint density at radius 3 is 2.81 bits per heavy atom. The lowest BCUT2D eigenvalue weighted by Gasteiger charge is -2.21. The van der Waals surface area contributed by atoms with Crippen LogP contribution in [0.2, 0.25) is 5.15 Å². The summed E-state index contributed by atoms with van der Waals surface area (Å²) < 4.78 is 1.90. The summed E-state index contributed by atoms with van der Waals surface area (Å²) >= 11 is 5.94. The minimum Gasteiger partial charge on any atom is -0.224 e. The van der Waals surface area contributed by atoms with Crippen LogP contribution in [0.4, 0.5) is 0 Å². The number of hydrogen-bond acceptors (Lipinski definition) is 4. The molecule has 0 bridgehead atoms. The lowest BCUT2D eigenvalue weighted by atomic mass is 9.96. The topological polar surface area (TPSA) is 56.5 Å². The zero-order chi connectivity index (χ0) is 11.0. The highest BCUT2D eigenvalue weighted by molar-refractivity contribution is 6.33. The molecule has 0 spiro atoms. The van der Waals surface area contributed by atoms with Gasteiger partial charge >= 0.3 is 0 Å². The van der Waals surface area contributed by atoms with Crippen LogP contribution in [0.25, 0.3) is 11.2 Å². The molecule has 0 unspecified atom stereocenters. The maximum absolute atomic E-state index is 5.94. The van der Waals surface area contributed by atoms with Crippen molar-refractivity contribution in [3.8, 4) is 0 Å². The third-order valence-corrected chi connectivity index (χ3v) is 3.41. The molecule has 1 fully saturated rings. The number of hydrogen-bond donors (Lipinski definition) is 0. The number of fused-ring (bicyclic) bond motifs is 1. The van der Waals surface area contributed by atoms with Crippen LogP contribution in [0.15, 0.2) is 6.33 Å². The van der Waals surface area contributed by atoms with Crippen LogP contribution < -0.4 is 0 Å². The van der Waals surface area contributed by atoms with Crippen LogP contribution in [-0.4, -0.2) is 25.0 Å². The maximum atomic E-state index is 5.94. The smallest absolute Gasteiger partial charge is 0.183 e. The maximum Gasteiger partial charge on any atom is 0.183 e. The second-order valence-electron chi connectivity index (χ2n) is 4.16. The Balaban J connectivity index is 2.06. The van der Waals surface area contributed by atoms with Gasteiger partial charge in [0.15, 0.2) is 16.3 Å². The third-order valence-electron chi connectivity index (χ3n) is 3.14. The number of aromatic nitrogens is 5. The minimum atomic E-state index is 0.382. The Morgan fingerprint density at radius 1 is 1.19 bits per heavy atom. The normalized spacial score (nSPS) is 18.1. The Hall–Kier alpha value is -1.23. The molecule has 1 aliphatic rings. The molecule has 16 heavy (non-hydrogen) atoms. The highest BCUT2D eigenvalue weighted by Gasteiger charge is 2.20. The number of rotatable bonds is 1. The van der Waals surface area contributed by atoms with Crippen LogP contribution >= 0.6 is 11.6 Å². The van der Waals surface area contributed by atoms with E-state index in [1.165, 1.54) is 25.6 Å². The van der Waals surface area contributed by atoms with Gasteiger partial charge < -0.3 is 0 Å². The van der Waals surface area contributed by atoms with E-state index in [-0.39, 0.29) is 0 Å². The van der Waals surface area contributed by atoms with Crippen molar-refractivity contribution < 1.29 is 0 Å². The SMILES string of the molecule is Clc1ncnc2c1nnn2C1CCCCC1. The van der Waals surface area contributed by atoms with Gasteiger partial charge in [0, 0.05) is 0 Å². The van der Waals surface area contributed by atoms with E-state index in [1.807, 2.05) is 4.68 Å². The van der Waals surface area contributed by atoms with Crippen LogP contribution in [0.5, 0.6) is 0 Å². The molecule has 6 heteroatoms. The first-order chi connectivity index (χ1) is 7.86. The van der Waals surface area contributed by atoms with Crippen LogP contribution in [0, 0.1) is 0 Å². The standard InChI is InChI=1S/C10H12ClN5/c11-9-8-10(13-6-12-9)16(15-14-8)7-4-2-1-3-5-7/h6-7H,1-5H2. The van der Waals surface area contributed by atoms with Gasteiger partial charge in [-0.3, -0.25) is 0 Å². The fourth-order valence-corrected chi connectivity index (χ4v) is 2.48.